The number of ether oxygens (including phenoxy) is 1. The molecule has 1 aromatic heterocycles. The van der Waals surface area contributed by atoms with Gasteiger partial charge in [-0.1, -0.05) is 24.3 Å². The Morgan fingerprint density at radius 3 is 2.55 bits per heavy atom. The number of nitrogens with one attached hydrogen (secondary N) is 1. The first-order valence-corrected chi connectivity index (χ1v) is 12.9. The number of nitrogens with zero attached hydrogens (tertiary/aromatic N) is 2. The number of ketones is 1. The quantitative estimate of drug-likeness (QED) is 0.210. The van der Waals surface area contributed by atoms with E-state index in [1.807, 2.05) is 50.2 Å². The summed E-state index contributed by atoms with van der Waals surface area (Å²) >= 11 is 0. The zero-order chi connectivity index (χ0) is 26.6. The monoisotopic (exact) mass is 507 g/mol. The minimum absolute atomic E-state index is 0.0341. The number of imidazole rings is 1. The van der Waals surface area contributed by atoms with Crippen LogP contribution in [0.1, 0.15) is 52.3 Å². The smallest absolute Gasteiger partial charge is 0.302 e. The Labute approximate surface area is 220 Å². The molecule has 38 heavy (non-hydrogen) atoms. The number of rotatable bonds is 4. The maximum Gasteiger partial charge on any atom is 0.302 e. The molecule has 7 heteroatoms. The Morgan fingerprint density at radius 2 is 1.76 bits per heavy atom. The number of benzene rings is 3. The molecule has 1 aliphatic heterocycles. The van der Waals surface area contributed by atoms with Crippen molar-refractivity contribution in [2.75, 3.05) is 12.0 Å². The van der Waals surface area contributed by atoms with E-state index >= 15 is 0 Å². The van der Waals surface area contributed by atoms with Gasteiger partial charge in [0.15, 0.2) is 0 Å². The van der Waals surface area contributed by atoms with Crippen molar-refractivity contribution in [2.45, 2.75) is 45.6 Å². The first-order chi connectivity index (χ1) is 18.4. The number of Topliss-reactive ketones (excluding diaryl/α,β-unsaturated/α-hetero) is 1. The first kappa shape index (κ1) is 24.0. The van der Waals surface area contributed by atoms with E-state index < -0.39 is 17.7 Å². The second kappa shape index (κ2) is 9.17. The molecule has 2 N–H and O–H groups in total. The summed E-state index contributed by atoms with van der Waals surface area (Å²) in [6.07, 6.45) is 4.18. The molecule has 0 bridgehead atoms. The number of fused-ring (bicyclic) bond motifs is 2. The van der Waals surface area contributed by atoms with Crippen molar-refractivity contribution in [1.82, 2.24) is 9.97 Å². The number of hydrogen-bond acceptors (Lipinski definition) is 5. The summed E-state index contributed by atoms with van der Waals surface area (Å²) in [7, 11) is 1.56. The van der Waals surface area contributed by atoms with Gasteiger partial charge in [0.05, 0.1) is 29.8 Å². The highest BCUT2D eigenvalue weighted by atomic mass is 16.5. The molecule has 0 radical (unpaired) electrons. The number of aryl methyl sites for hydroxylation is 4. The van der Waals surface area contributed by atoms with Gasteiger partial charge in [0.1, 0.15) is 11.5 Å². The van der Waals surface area contributed by atoms with Gasteiger partial charge < -0.3 is 14.8 Å². The highest BCUT2D eigenvalue weighted by Crippen LogP contribution is 2.43. The number of carbonyl (C=O) groups is 2. The molecule has 1 amide bonds. The van der Waals surface area contributed by atoms with Gasteiger partial charge in [-0.05, 0) is 97.7 Å². The van der Waals surface area contributed by atoms with Gasteiger partial charge in [0, 0.05) is 5.56 Å². The Morgan fingerprint density at radius 1 is 1.00 bits per heavy atom. The average Bonchev–Trinajstić information content (AvgIpc) is 3.45. The van der Waals surface area contributed by atoms with Crippen molar-refractivity contribution in [3.63, 3.8) is 0 Å². The van der Waals surface area contributed by atoms with Gasteiger partial charge in [0.2, 0.25) is 5.95 Å². The number of methoxy groups -OCH3 is 1. The number of amides is 1. The molecule has 2 aliphatic rings. The summed E-state index contributed by atoms with van der Waals surface area (Å²) < 4.78 is 5.44. The van der Waals surface area contributed by atoms with Crippen molar-refractivity contribution < 1.29 is 19.4 Å². The Kier molecular flexibility index (Phi) is 5.79. The van der Waals surface area contributed by atoms with Crippen molar-refractivity contribution in [1.29, 1.82) is 0 Å². The number of hydrogen-bond donors (Lipinski definition) is 2. The van der Waals surface area contributed by atoms with Crippen LogP contribution in [0.5, 0.6) is 5.75 Å². The second-order valence-electron chi connectivity index (χ2n) is 10.2. The summed E-state index contributed by atoms with van der Waals surface area (Å²) in [6, 6.07) is 16.1. The molecule has 192 valence electrons. The lowest BCUT2D eigenvalue weighted by Crippen LogP contribution is -2.30. The molecule has 4 aromatic rings. The van der Waals surface area contributed by atoms with Crippen LogP contribution < -0.4 is 9.64 Å². The number of aromatic amines is 1. The minimum atomic E-state index is -0.885. The molecule has 3 aromatic carbocycles. The predicted octanol–water partition coefficient (Wildman–Crippen LogP) is 5.69. The van der Waals surface area contributed by atoms with E-state index in [0.29, 0.717) is 22.4 Å². The van der Waals surface area contributed by atoms with E-state index in [-0.39, 0.29) is 17.3 Å². The van der Waals surface area contributed by atoms with E-state index in [1.165, 1.54) is 16.0 Å². The first-order valence-electron chi connectivity index (χ1n) is 12.9. The summed E-state index contributed by atoms with van der Waals surface area (Å²) in [4.78, 5) is 36.4. The molecular weight excluding hydrogens is 478 g/mol. The van der Waals surface area contributed by atoms with E-state index in [2.05, 4.69) is 9.97 Å². The normalized spacial score (nSPS) is 18.7. The molecular formula is C31H29N3O4. The number of aliphatic hydroxyl groups excluding tert-OH is 1. The molecule has 1 aliphatic carbocycles. The standard InChI is InChI=1S/C31H29N3O4/c1-17-13-24-25(14-18(17)2)33-31(32-24)34-27(21-9-6-10-23(16-21)38-3)26(29(36)30(34)37)28(35)22-12-11-19-7-4-5-8-20(19)15-22/h6,9-16,27,35H,4-5,7-8H2,1-3H3,(H,32,33)/b28-26+. The van der Waals surface area contributed by atoms with Crippen molar-refractivity contribution in [2.24, 2.45) is 0 Å². The molecule has 0 saturated carbocycles. The SMILES string of the molecule is COc1cccc(C2/C(=C(\O)c3ccc4c(c3)CCCC4)C(=O)C(=O)N2c2nc3cc(C)c(C)cc3[nH]2)c1. The summed E-state index contributed by atoms with van der Waals surface area (Å²) in [5.41, 5.74) is 7.28. The third-order valence-electron chi connectivity index (χ3n) is 7.79. The fourth-order valence-corrected chi connectivity index (χ4v) is 5.58. The van der Waals surface area contributed by atoms with Crippen LogP contribution in [-0.4, -0.2) is 33.9 Å². The van der Waals surface area contributed by atoms with Crippen LogP contribution in [0.2, 0.25) is 0 Å². The Hall–Kier alpha value is -4.39. The van der Waals surface area contributed by atoms with E-state index in [4.69, 9.17) is 4.74 Å². The molecule has 2 heterocycles. The highest BCUT2D eigenvalue weighted by Gasteiger charge is 2.48. The molecule has 1 saturated heterocycles. The van der Waals surface area contributed by atoms with Gasteiger partial charge in [-0.3, -0.25) is 14.5 Å². The predicted molar refractivity (Wildman–Crippen MR) is 146 cm³/mol. The molecule has 1 atom stereocenters. The summed E-state index contributed by atoms with van der Waals surface area (Å²) in [6.45, 7) is 4.01. The van der Waals surface area contributed by atoms with Gasteiger partial charge >= 0.3 is 5.91 Å². The third-order valence-corrected chi connectivity index (χ3v) is 7.79. The molecule has 6 rings (SSSR count). The second-order valence-corrected chi connectivity index (χ2v) is 10.2. The van der Waals surface area contributed by atoms with Crippen molar-refractivity contribution in [3.05, 3.63) is 93.6 Å². The van der Waals surface area contributed by atoms with E-state index in [1.54, 1.807) is 25.3 Å². The number of aromatic nitrogens is 2. The molecule has 0 spiro atoms. The third kappa shape index (κ3) is 3.86. The lowest BCUT2D eigenvalue weighted by atomic mass is 9.88. The van der Waals surface area contributed by atoms with Crippen LogP contribution in [0.3, 0.4) is 0 Å². The van der Waals surface area contributed by atoms with Gasteiger partial charge in [-0.2, -0.15) is 0 Å². The number of anilines is 1. The molecule has 7 nitrogen and oxygen atoms in total. The van der Waals surface area contributed by atoms with Crippen LogP contribution in [0.4, 0.5) is 5.95 Å². The number of H-pyrrole nitrogens is 1. The Balaban J connectivity index is 1.55. The average molecular weight is 508 g/mol. The van der Waals surface area contributed by atoms with Crippen LogP contribution >= 0.6 is 0 Å². The minimum Gasteiger partial charge on any atom is -0.507 e. The topological polar surface area (TPSA) is 95.5 Å². The van der Waals surface area contributed by atoms with Crippen LogP contribution in [0, 0.1) is 13.8 Å². The van der Waals surface area contributed by atoms with Crippen LogP contribution in [-0.2, 0) is 22.4 Å². The molecule has 1 fully saturated rings. The lowest BCUT2D eigenvalue weighted by molar-refractivity contribution is -0.132. The van der Waals surface area contributed by atoms with Crippen molar-refractivity contribution >= 4 is 34.4 Å². The molecule has 1 unspecified atom stereocenters. The summed E-state index contributed by atoms with van der Waals surface area (Å²) in [5.74, 6) is -0.845. The highest BCUT2D eigenvalue weighted by molar-refractivity contribution is 6.51. The Bertz CT molecular complexity index is 1610. The van der Waals surface area contributed by atoms with Crippen LogP contribution in [0.25, 0.3) is 16.8 Å². The maximum absolute atomic E-state index is 13.6. The van der Waals surface area contributed by atoms with Gasteiger partial charge in [-0.25, -0.2) is 4.98 Å². The number of carbonyl (C=O) groups excluding carboxylic acids is 2. The zero-order valence-corrected chi connectivity index (χ0v) is 21.7. The zero-order valence-electron chi connectivity index (χ0n) is 21.7. The van der Waals surface area contributed by atoms with E-state index in [9.17, 15) is 14.7 Å². The fraction of sp³-hybridized carbons (Fsp3) is 0.258. The van der Waals surface area contributed by atoms with Crippen molar-refractivity contribution in [3.8, 4) is 5.75 Å². The summed E-state index contributed by atoms with van der Waals surface area (Å²) in [5, 5.41) is 11.6. The fourth-order valence-electron chi connectivity index (χ4n) is 5.58. The maximum atomic E-state index is 13.6. The lowest BCUT2D eigenvalue weighted by Gasteiger charge is -2.23. The van der Waals surface area contributed by atoms with Gasteiger partial charge in [0.25, 0.3) is 5.78 Å². The largest absolute Gasteiger partial charge is 0.507 e. The van der Waals surface area contributed by atoms with E-state index in [0.717, 1.165) is 42.3 Å². The van der Waals surface area contributed by atoms with Gasteiger partial charge in [-0.15, -0.1) is 0 Å². The van der Waals surface area contributed by atoms with Crippen LogP contribution in [0.15, 0.2) is 60.2 Å². The number of aliphatic hydroxyl groups is 1.